The van der Waals surface area contributed by atoms with Crippen molar-refractivity contribution in [1.82, 2.24) is 9.03 Å². The van der Waals surface area contributed by atoms with Crippen molar-refractivity contribution in [2.24, 2.45) is 0 Å². The van der Waals surface area contributed by atoms with Gasteiger partial charge < -0.3 is 9.64 Å². The van der Waals surface area contributed by atoms with Gasteiger partial charge >= 0.3 is 37.0 Å². The van der Waals surface area contributed by atoms with Gasteiger partial charge in [-0.05, 0) is 6.42 Å². The number of sulfonamides is 2. The lowest BCUT2D eigenvalue weighted by molar-refractivity contribution is -0.826. The molecule has 1 unspecified atom stereocenters. The van der Waals surface area contributed by atoms with Gasteiger partial charge in [-0.15, -0.1) is 0 Å². The Balaban J connectivity index is 0.000000525. The predicted molar refractivity (Wildman–Crippen MR) is 81.9 cm³/mol. The Kier molecular flexibility index (Phi) is 9.19. The number of nitrogens with zero attached hydrogens (tertiary/aromatic N) is 1. The van der Waals surface area contributed by atoms with Gasteiger partial charge in [0.05, 0.1) is 19.9 Å². The third-order valence-electron chi connectivity index (χ3n) is 2.65. The molecular formula is C11H18F6N3O6S2+. The van der Waals surface area contributed by atoms with Gasteiger partial charge in [-0.2, -0.15) is 26.3 Å². The number of alkyl halides is 6. The number of nitrogens with one attached hydrogen (secondary N) is 2. The Morgan fingerprint density at radius 3 is 1.89 bits per heavy atom. The molecule has 1 heterocycles. The molecule has 1 rings (SSSR count). The molecule has 0 aromatic carbocycles. The second kappa shape index (κ2) is 9.75. The summed E-state index contributed by atoms with van der Waals surface area (Å²) in [6, 6.07) is 0. The van der Waals surface area contributed by atoms with E-state index in [-0.39, 0.29) is 5.97 Å². The maximum absolute atomic E-state index is 11.5. The predicted octanol–water partition coefficient (Wildman–Crippen LogP) is -0.526. The van der Waals surface area contributed by atoms with Gasteiger partial charge in [0.15, 0.2) is 6.67 Å². The van der Waals surface area contributed by atoms with E-state index in [2.05, 4.69) is 0 Å². The van der Waals surface area contributed by atoms with Crippen LogP contribution in [0, 0.1) is 0 Å². The van der Waals surface area contributed by atoms with Crippen LogP contribution in [-0.4, -0.2) is 65.6 Å². The zero-order chi connectivity index (χ0) is 22.4. The maximum Gasteiger partial charge on any atom is 0.512 e. The number of ether oxygens (including phenoxy) is 1. The number of carbonyl (C=O) groups excluding carboxylic acids is 1. The molecule has 0 amide bonds. The molecule has 166 valence electrons. The molecule has 0 aromatic heterocycles. The first-order chi connectivity index (χ1) is 12.4. The summed E-state index contributed by atoms with van der Waals surface area (Å²) in [7, 11) is -11.1. The summed E-state index contributed by atoms with van der Waals surface area (Å²) < 4.78 is 113. The van der Waals surface area contributed by atoms with Crippen molar-refractivity contribution >= 4 is 26.0 Å². The highest BCUT2D eigenvalue weighted by Gasteiger charge is 2.55. The molecule has 1 aliphatic rings. The first-order valence-corrected chi connectivity index (χ1v) is 10.2. The Morgan fingerprint density at radius 1 is 1.11 bits per heavy atom. The molecule has 0 bridgehead atoms. The molecule has 17 heteroatoms. The molecule has 0 fully saturated rings. The molecular weight excluding hydrogens is 448 g/mol. The largest absolute Gasteiger partial charge is 0.512 e. The van der Waals surface area contributed by atoms with Crippen LogP contribution in [0.25, 0.3) is 0 Å². The maximum atomic E-state index is 11.5. The molecule has 0 saturated carbocycles. The molecule has 9 nitrogen and oxygen atoms in total. The van der Waals surface area contributed by atoms with Gasteiger partial charge in [0.1, 0.15) is 12.7 Å². The SMILES string of the molecule is CCCOC(=O)CN1C=C[NH+](C)C1.O=S(=O)(NS(=O)(=O)C(F)(F)F)C(F)(F)F. The van der Waals surface area contributed by atoms with Gasteiger partial charge in [0, 0.05) is 0 Å². The molecule has 2 N–H and O–H groups in total. The molecule has 1 aliphatic heterocycles. The average Bonchev–Trinajstić information content (AvgIpc) is 2.87. The molecule has 28 heavy (non-hydrogen) atoms. The Bertz CT molecular complexity index is 721. The van der Waals surface area contributed by atoms with Gasteiger partial charge in [0.25, 0.3) is 0 Å². The standard InChI is InChI=1S/C9H16N2O2.C2HF6NO4S2/c1-3-6-13-9(12)7-11-5-4-10(2)8-11;3-1(4,5)14(10,11)9-15(12,13)2(6,7)8/h4-5H,3,6-8H2,1-2H3;9H/p+1. The van der Waals surface area contributed by atoms with Crippen LogP contribution in [0.2, 0.25) is 0 Å². The molecule has 0 aromatic rings. The van der Waals surface area contributed by atoms with Crippen LogP contribution in [0.1, 0.15) is 13.3 Å². The number of esters is 1. The van der Waals surface area contributed by atoms with E-state index < -0.39 is 35.2 Å². The Morgan fingerprint density at radius 2 is 1.57 bits per heavy atom. The third-order valence-corrected chi connectivity index (χ3v) is 5.62. The van der Waals surface area contributed by atoms with Crippen LogP contribution in [0.5, 0.6) is 0 Å². The number of hydrogen-bond donors (Lipinski definition) is 2. The number of hydrogen-bond acceptors (Lipinski definition) is 7. The van der Waals surface area contributed by atoms with Gasteiger partial charge in [0.2, 0.25) is 0 Å². The van der Waals surface area contributed by atoms with Crippen molar-refractivity contribution in [3.8, 4) is 0 Å². The smallest absolute Gasteiger partial charge is 0.464 e. The van der Waals surface area contributed by atoms with Crippen LogP contribution >= 0.6 is 0 Å². The Hall–Kier alpha value is -1.59. The number of rotatable bonds is 6. The summed E-state index contributed by atoms with van der Waals surface area (Å²) >= 11 is 0. The van der Waals surface area contributed by atoms with E-state index in [1.807, 2.05) is 31.3 Å². The summed E-state index contributed by atoms with van der Waals surface area (Å²) in [6.07, 6.45) is 4.84. The van der Waals surface area contributed by atoms with E-state index in [0.29, 0.717) is 13.2 Å². The van der Waals surface area contributed by atoms with Crippen LogP contribution in [-0.2, 0) is 29.6 Å². The van der Waals surface area contributed by atoms with Crippen molar-refractivity contribution in [3.05, 3.63) is 12.4 Å². The molecule has 0 spiro atoms. The van der Waals surface area contributed by atoms with E-state index in [1.54, 1.807) is 0 Å². The first kappa shape index (κ1) is 26.4. The fraction of sp³-hybridized carbons (Fsp3) is 0.727. The fourth-order valence-electron chi connectivity index (χ4n) is 1.43. The Labute approximate surface area is 157 Å². The normalized spacial score (nSPS) is 17.9. The van der Waals surface area contributed by atoms with Gasteiger partial charge in [-0.3, -0.25) is 9.69 Å². The first-order valence-electron chi connectivity index (χ1n) is 7.24. The minimum Gasteiger partial charge on any atom is -0.464 e. The highest BCUT2D eigenvalue weighted by molar-refractivity contribution is 8.05. The quantitative estimate of drug-likeness (QED) is 0.400. The van der Waals surface area contributed by atoms with Crippen molar-refractivity contribution < 1.29 is 57.6 Å². The van der Waals surface area contributed by atoms with E-state index in [9.17, 15) is 48.0 Å². The lowest BCUT2D eigenvalue weighted by Crippen LogP contribution is -3.03. The van der Waals surface area contributed by atoms with Gasteiger partial charge in [-0.25, -0.2) is 16.8 Å². The highest BCUT2D eigenvalue weighted by Crippen LogP contribution is 2.27. The molecule has 0 radical (unpaired) electrons. The molecule has 1 atom stereocenters. The van der Waals surface area contributed by atoms with E-state index in [0.717, 1.165) is 13.1 Å². The van der Waals surface area contributed by atoms with Crippen molar-refractivity contribution in [2.45, 2.75) is 24.4 Å². The number of halogens is 6. The second-order valence-electron chi connectivity index (χ2n) is 5.27. The topological polar surface area (TPSA) is 114 Å². The second-order valence-corrected chi connectivity index (χ2v) is 8.88. The fourth-order valence-corrected chi connectivity index (χ4v) is 3.34. The summed E-state index contributed by atoms with van der Waals surface area (Å²) in [5, 5.41) is 0. The summed E-state index contributed by atoms with van der Waals surface area (Å²) in [5.74, 6) is -0.138. The van der Waals surface area contributed by atoms with Crippen molar-refractivity contribution in [3.63, 3.8) is 0 Å². The zero-order valence-electron chi connectivity index (χ0n) is 14.5. The molecule has 0 aliphatic carbocycles. The van der Waals surface area contributed by atoms with E-state index in [4.69, 9.17) is 4.74 Å². The average molecular weight is 466 g/mol. The van der Waals surface area contributed by atoms with E-state index >= 15 is 0 Å². The van der Waals surface area contributed by atoms with Crippen LogP contribution in [0.4, 0.5) is 26.3 Å². The number of quaternary nitrogens is 1. The van der Waals surface area contributed by atoms with Crippen molar-refractivity contribution in [2.75, 3.05) is 26.9 Å². The van der Waals surface area contributed by atoms with Crippen LogP contribution in [0.15, 0.2) is 12.4 Å². The lowest BCUT2D eigenvalue weighted by atomic mass is 10.5. The summed E-state index contributed by atoms with van der Waals surface area (Å²) in [6.45, 7) is 3.73. The minimum absolute atomic E-state index is 0.138. The zero-order valence-corrected chi connectivity index (χ0v) is 16.1. The van der Waals surface area contributed by atoms with Crippen LogP contribution < -0.4 is 9.03 Å². The summed E-state index contributed by atoms with van der Waals surface area (Å²) in [4.78, 5) is 14.4. The van der Waals surface area contributed by atoms with Crippen molar-refractivity contribution in [1.29, 1.82) is 0 Å². The lowest BCUT2D eigenvalue weighted by Gasteiger charge is -2.13. The van der Waals surface area contributed by atoms with E-state index in [1.165, 1.54) is 4.90 Å². The number of carbonyl (C=O) groups is 1. The minimum atomic E-state index is -6.60. The molecule has 0 saturated heterocycles. The van der Waals surface area contributed by atoms with Crippen LogP contribution in [0.3, 0.4) is 0 Å². The third kappa shape index (κ3) is 8.61. The van der Waals surface area contributed by atoms with Gasteiger partial charge in [-0.1, -0.05) is 11.1 Å². The highest BCUT2D eigenvalue weighted by atomic mass is 32.3. The monoisotopic (exact) mass is 466 g/mol. The summed E-state index contributed by atoms with van der Waals surface area (Å²) in [5.41, 5.74) is -12.3.